The second-order valence-corrected chi connectivity index (χ2v) is 7.77. The molecule has 5 heteroatoms. The van der Waals surface area contributed by atoms with Gasteiger partial charge in [0.25, 0.3) is 5.91 Å². The molecule has 3 aromatic rings. The first-order chi connectivity index (χ1) is 15.1. The Kier molecular flexibility index (Phi) is 8.36. The number of carbonyl (C=O) groups is 1. The molecule has 2 N–H and O–H groups in total. The third kappa shape index (κ3) is 6.25. The predicted molar refractivity (Wildman–Crippen MR) is 129 cm³/mol. The number of carbonyl (C=O) groups excluding carboxylic acids is 1. The zero-order chi connectivity index (χ0) is 22.1. The summed E-state index contributed by atoms with van der Waals surface area (Å²) in [5.74, 6) is 0.746. The van der Waals surface area contributed by atoms with Gasteiger partial charge in [0.1, 0.15) is 5.75 Å². The van der Waals surface area contributed by atoms with Crippen LogP contribution in [0.4, 0.5) is 5.69 Å². The van der Waals surface area contributed by atoms with Crippen molar-refractivity contribution in [3.63, 3.8) is 0 Å². The third-order valence-electron chi connectivity index (χ3n) is 4.86. The Morgan fingerprint density at radius 3 is 2.52 bits per heavy atom. The quantitative estimate of drug-likeness (QED) is 0.379. The van der Waals surface area contributed by atoms with Gasteiger partial charge in [-0.2, -0.15) is 0 Å². The Labute approximate surface area is 189 Å². The minimum Gasteiger partial charge on any atom is -0.493 e. The molecule has 162 valence electrons. The Morgan fingerprint density at radius 2 is 1.77 bits per heavy atom. The minimum absolute atomic E-state index is 0.0702. The van der Waals surface area contributed by atoms with Crippen molar-refractivity contribution in [2.24, 2.45) is 0 Å². The fourth-order valence-electron chi connectivity index (χ4n) is 3.27. The molecular weight excluding hydrogens is 408 g/mol. The van der Waals surface area contributed by atoms with E-state index in [1.807, 2.05) is 61.5 Å². The molecule has 0 unspecified atom stereocenters. The summed E-state index contributed by atoms with van der Waals surface area (Å²) in [4.78, 5) is 12.5. The number of amides is 1. The second-order valence-electron chi connectivity index (χ2n) is 7.34. The summed E-state index contributed by atoms with van der Waals surface area (Å²) >= 11 is 6.24. The zero-order valence-corrected chi connectivity index (χ0v) is 18.8. The van der Waals surface area contributed by atoms with Gasteiger partial charge in [0, 0.05) is 40.5 Å². The molecule has 0 aliphatic carbocycles. The maximum absolute atomic E-state index is 12.5. The number of benzene rings is 3. The number of ether oxygens (including phenoxy) is 1. The highest BCUT2D eigenvalue weighted by molar-refractivity contribution is 6.30. The van der Waals surface area contributed by atoms with Crippen LogP contribution in [0.5, 0.6) is 5.75 Å². The molecule has 3 aromatic carbocycles. The molecule has 0 heterocycles. The highest BCUT2D eigenvalue weighted by atomic mass is 35.5. The normalized spacial score (nSPS) is 10.5. The van der Waals surface area contributed by atoms with E-state index in [2.05, 4.69) is 29.7 Å². The third-order valence-corrected chi connectivity index (χ3v) is 5.09. The van der Waals surface area contributed by atoms with Crippen LogP contribution in [0, 0.1) is 0 Å². The molecule has 0 fully saturated rings. The zero-order valence-electron chi connectivity index (χ0n) is 18.1. The van der Waals surface area contributed by atoms with E-state index < -0.39 is 0 Å². The van der Waals surface area contributed by atoms with Crippen molar-refractivity contribution in [3.05, 3.63) is 82.9 Å². The molecule has 1 amide bonds. The van der Waals surface area contributed by atoms with Gasteiger partial charge in [-0.05, 0) is 48.7 Å². The molecule has 31 heavy (non-hydrogen) atoms. The van der Waals surface area contributed by atoms with Crippen LogP contribution in [-0.4, -0.2) is 19.1 Å². The van der Waals surface area contributed by atoms with E-state index in [0.29, 0.717) is 30.3 Å². The lowest BCUT2D eigenvalue weighted by atomic mass is 10.0. The van der Waals surface area contributed by atoms with Gasteiger partial charge < -0.3 is 15.4 Å². The standard InChI is InChI=1S/C26H29ClN2O2/c1-3-14-28-26(30)20-10-12-23(19-8-6-5-7-9-19)24(17-20)29-18-21-16-22(27)11-13-25(21)31-15-4-2/h5-13,16-17,29H,3-4,14-15,18H2,1-2H3,(H,28,30). The fourth-order valence-corrected chi connectivity index (χ4v) is 3.47. The van der Waals surface area contributed by atoms with Gasteiger partial charge in [-0.3, -0.25) is 4.79 Å². The average molecular weight is 437 g/mol. The molecule has 0 saturated carbocycles. The highest BCUT2D eigenvalue weighted by Crippen LogP contribution is 2.31. The molecule has 0 bridgehead atoms. The number of nitrogens with one attached hydrogen (secondary N) is 2. The molecule has 0 spiro atoms. The van der Waals surface area contributed by atoms with E-state index in [-0.39, 0.29) is 5.91 Å². The van der Waals surface area contributed by atoms with Crippen molar-refractivity contribution < 1.29 is 9.53 Å². The van der Waals surface area contributed by atoms with E-state index in [4.69, 9.17) is 16.3 Å². The van der Waals surface area contributed by atoms with Crippen LogP contribution >= 0.6 is 11.6 Å². The maximum atomic E-state index is 12.5. The van der Waals surface area contributed by atoms with Crippen LogP contribution in [-0.2, 0) is 6.54 Å². The lowest BCUT2D eigenvalue weighted by Gasteiger charge is -2.17. The van der Waals surface area contributed by atoms with Crippen LogP contribution in [0.1, 0.15) is 42.6 Å². The van der Waals surface area contributed by atoms with Crippen LogP contribution in [0.25, 0.3) is 11.1 Å². The largest absolute Gasteiger partial charge is 0.493 e. The monoisotopic (exact) mass is 436 g/mol. The molecule has 0 aliphatic heterocycles. The summed E-state index contributed by atoms with van der Waals surface area (Å²) in [6.45, 7) is 5.95. The van der Waals surface area contributed by atoms with Crippen LogP contribution in [0.2, 0.25) is 5.02 Å². The minimum atomic E-state index is -0.0702. The van der Waals surface area contributed by atoms with E-state index in [0.717, 1.165) is 41.0 Å². The number of anilines is 1. The topological polar surface area (TPSA) is 50.4 Å². The summed E-state index contributed by atoms with van der Waals surface area (Å²) in [6.07, 6.45) is 1.83. The SMILES string of the molecule is CCCNC(=O)c1ccc(-c2ccccc2)c(NCc2cc(Cl)ccc2OCCC)c1. The molecular formula is C26H29ClN2O2. The summed E-state index contributed by atoms with van der Waals surface area (Å²) in [6, 6.07) is 21.6. The first-order valence-corrected chi connectivity index (χ1v) is 11.1. The Balaban J connectivity index is 1.91. The summed E-state index contributed by atoms with van der Waals surface area (Å²) in [5.41, 5.74) is 4.60. The van der Waals surface area contributed by atoms with Gasteiger partial charge in [-0.25, -0.2) is 0 Å². The van der Waals surface area contributed by atoms with Crippen molar-refractivity contribution in [2.75, 3.05) is 18.5 Å². The number of hydrogen-bond donors (Lipinski definition) is 2. The summed E-state index contributed by atoms with van der Waals surface area (Å²) in [5, 5.41) is 7.11. The van der Waals surface area contributed by atoms with Crippen LogP contribution < -0.4 is 15.4 Å². The number of rotatable bonds is 10. The smallest absolute Gasteiger partial charge is 0.251 e. The number of halogens is 1. The van der Waals surface area contributed by atoms with Gasteiger partial charge in [0.15, 0.2) is 0 Å². The molecule has 4 nitrogen and oxygen atoms in total. The second kappa shape index (κ2) is 11.4. The molecule has 0 atom stereocenters. The van der Waals surface area contributed by atoms with Gasteiger partial charge in [0.05, 0.1) is 6.61 Å². The molecule has 0 aromatic heterocycles. The summed E-state index contributed by atoms with van der Waals surface area (Å²) < 4.78 is 5.89. The van der Waals surface area contributed by atoms with Gasteiger partial charge >= 0.3 is 0 Å². The molecule has 0 aliphatic rings. The fraction of sp³-hybridized carbons (Fsp3) is 0.269. The lowest BCUT2D eigenvalue weighted by molar-refractivity contribution is 0.0953. The van der Waals surface area contributed by atoms with Crippen molar-refractivity contribution in [1.29, 1.82) is 0 Å². The summed E-state index contributed by atoms with van der Waals surface area (Å²) in [7, 11) is 0. The van der Waals surface area contributed by atoms with E-state index >= 15 is 0 Å². The van der Waals surface area contributed by atoms with E-state index in [1.165, 1.54) is 0 Å². The van der Waals surface area contributed by atoms with Crippen LogP contribution in [0.3, 0.4) is 0 Å². The Morgan fingerprint density at radius 1 is 0.968 bits per heavy atom. The average Bonchev–Trinajstić information content (AvgIpc) is 2.81. The number of hydrogen-bond acceptors (Lipinski definition) is 3. The van der Waals surface area contributed by atoms with E-state index in [9.17, 15) is 4.79 Å². The van der Waals surface area contributed by atoms with E-state index in [1.54, 1.807) is 0 Å². The van der Waals surface area contributed by atoms with Gasteiger partial charge in [0.2, 0.25) is 0 Å². The first-order valence-electron chi connectivity index (χ1n) is 10.7. The van der Waals surface area contributed by atoms with Crippen LogP contribution in [0.15, 0.2) is 66.7 Å². The highest BCUT2D eigenvalue weighted by Gasteiger charge is 2.12. The van der Waals surface area contributed by atoms with Crippen molar-refractivity contribution in [2.45, 2.75) is 33.2 Å². The van der Waals surface area contributed by atoms with Gasteiger partial charge in [-0.1, -0.05) is 61.8 Å². The van der Waals surface area contributed by atoms with Crippen molar-refractivity contribution >= 4 is 23.2 Å². The maximum Gasteiger partial charge on any atom is 0.251 e. The predicted octanol–water partition coefficient (Wildman–Crippen LogP) is 6.55. The van der Waals surface area contributed by atoms with Crippen molar-refractivity contribution in [3.8, 4) is 16.9 Å². The van der Waals surface area contributed by atoms with Crippen molar-refractivity contribution in [1.82, 2.24) is 5.32 Å². The first kappa shape index (κ1) is 22.7. The molecule has 0 saturated heterocycles. The van der Waals surface area contributed by atoms with Gasteiger partial charge in [-0.15, -0.1) is 0 Å². The Hall–Kier alpha value is -2.98. The lowest BCUT2D eigenvalue weighted by Crippen LogP contribution is -2.24. The molecule has 3 rings (SSSR count). The Bertz CT molecular complexity index is 1010. The molecule has 0 radical (unpaired) electrons.